The average Bonchev–Trinajstić information content (AvgIpc) is 3.07. The first-order chi connectivity index (χ1) is 12.9. The van der Waals surface area contributed by atoms with Crippen molar-refractivity contribution in [2.24, 2.45) is 7.05 Å². The Labute approximate surface area is 179 Å². The Balaban J connectivity index is 0.00000210. The third kappa shape index (κ3) is 6.08. The van der Waals surface area contributed by atoms with Crippen LogP contribution in [-0.2, 0) is 11.8 Å². The van der Waals surface area contributed by atoms with Gasteiger partial charge in [0.2, 0.25) is 5.91 Å². The van der Waals surface area contributed by atoms with Gasteiger partial charge in [0, 0.05) is 39.1 Å². The third-order valence-electron chi connectivity index (χ3n) is 4.64. The highest BCUT2D eigenvalue weighted by Crippen LogP contribution is 2.32. The Hall–Kier alpha value is -1.81. The van der Waals surface area contributed by atoms with E-state index in [9.17, 15) is 18.0 Å². The molecule has 1 amide bonds. The van der Waals surface area contributed by atoms with Crippen LogP contribution in [0.5, 0.6) is 0 Å². The van der Waals surface area contributed by atoms with Gasteiger partial charge < -0.3 is 14.8 Å². The van der Waals surface area contributed by atoms with Crippen molar-refractivity contribution in [3.05, 3.63) is 54.1 Å². The molecule has 6 nitrogen and oxygen atoms in total. The number of aryl methyl sites for hydroxylation is 1. The molecule has 1 aromatic carbocycles. The molecule has 1 aliphatic rings. The van der Waals surface area contributed by atoms with Crippen molar-refractivity contribution in [1.82, 2.24) is 25.1 Å². The number of carbonyl (C=O) groups is 1. The summed E-state index contributed by atoms with van der Waals surface area (Å²) >= 11 is 0. The molecule has 2 unspecified atom stereocenters. The summed E-state index contributed by atoms with van der Waals surface area (Å²) in [5.74, 6) is 0.320. The van der Waals surface area contributed by atoms with E-state index >= 15 is 0 Å². The fourth-order valence-electron chi connectivity index (χ4n) is 3.29. The zero-order valence-corrected chi connectivity index (χ0v) is 17.4. The predicted octanol–water partition coefficient (Wildman–Crippen LogP) is 2.63. The highest BCUT2D eigenvalue weighted by Gasteiger charge is 2.41. The van der Waals surface area contributed by atoms with Gasteiger partial charge in [0.1, 0.15) is 17.9 Å². The maximum absolute atomic E-state index is 13.4. The molecule has 3 rings (SSSR count). The van der Waals surface area contributed by atoms with Gasteiger partial charge >= 0.3 is 6.18 Å². The maximum Gasteiger partial charge on any atom is 0.407 e. The molecular weight excluding hydrogens is 430 g/mol. The molecule has 2 heterocycles. The van der Waals surface area contributed by atoms with Gasteiger partial charge in [-0.3, -0.25) is 10.1 Å². The molecule has 2 aromatic rings. The fraction of sp³-hybridized carbons (Fsp3) is 0.444. The second-order valence-corrected chi connectivity index (χ2v) is 6.47. The van der Waals surface area contributed by atoms with Gasteiger partial charge in [-0.15, -0.1) is 24.8 Å². The zero-order valence-electron chi connectivity index (χ0n) is 15.7. The van der Waals surface area contributed by atoms with Gasteiger partial charge in [0.25, 0.3) is 0 Å². The highest BCUT2D eigenvalue weighted by molar-refractivity contribution is 5.85. The Bertz CT molecular complexity index is 772. The summed E-state index contributed by atoms with van der Waals surface area (Å²) < 4.78 is 42.1. The fourth-order valence-corrected chi connectivity index (χ4v) is 3.29. The van der Waals surface area contributed by atoms with Gasteiger partial charge in [-0.2, -0.15) is 13.2 Å². The number of benzene rings is 1. The molecule has 0 saturated carbocycles. The van der Waals surface area contributed by atoms with E-state index in [0.717, 1.165) is 0 Å². The molecule has 0 radical (unpaired) electrons. The van der Waals surface area contributed by atoms with Gasteiger partial charge in [-0.25, -0.2) is 4.98 Å². The standard InChI is InChI=1S/C18H22F3N5O.2ClH/c1-25-9-8-23-17(25)14-11-22-7-10-26(14)15(27)12-24-16(18(19,20)21)13-5-3-2-4-6-13;;/h2-6,8-9,14,16,22,24H,7,10-12H2,1H3;2*1H. The van der Waals surface area contributed by atoms with Crippen molar-refractivity contribution in [1.29, 1.82) is 0 Å². The Morgan fingerprint density at radius 3 is 2.59 bits per heavy atom. The Kier molecular flexibility index (Phi) is 9.41. The third-order valence-corrected chi connectivity index (χ3v) is 4.64. The molecule has 2 atom stereocenters. The van der Waals surface area contributed by atoms with Crippen LogP contribution in [0.25, 0.3) is 0 Å². The monoisotopic (exact) mass is 453 g/mol. The number of carbonyl (C=O) groups excluding carboxylic acids is 1. The SMILES string of the molecule is Cl.Cl.Cn1ccnc1C1CNCCN1C(=O)CNC(c1ccccc1)C(F)(F)F. The van der Waals surface area contributed by atoms with Crippen molar-refractivity contribution in [3.63, 3.8) is 0 Å². The van der Waals surface area contributed by atoms with E-state index in [0.29, 0.717) is 25.5 Å². The van der Waals surface area contributed by atoms with E-state index in [-0.39, 0.29) is 42.3 Å². The quantitative estimate of drug-likeness (QED) is 0.730. The molecule has 0 bridgehead atoms. The van der Waals surface area contributed by atoms with Crippen LogP contribution >= 0.6 is 24.8 Å². The predicted molar refractivity (Wildman–Crippen MR) is 108 cm³/mol. The van der Waals surface area contributed by atoms with E-state index in [2.05, 4.69) is 15.6 Å². The molecule has 0 aliphatic carbocycles. The summed E-state index contributed by atoms with van der Waals surface area (Å²) in [6.45, 7) is 1.12. The molecule has 1 aromatic heterocycles. The minimum atomic E-state index is -4.50. The number of amides is 1. The summed E-state index contributed by atoms with van der Waals surface area (Å²) in [4.78, 5) is 18.6. The van der Waals surface area contributed by atoms with Gasteiger partial charge in [0.15, 0.2) is 0 Å². The van der Waals surface area contributed by atoms with E-state index < -0.39 is 18.8 Å². The largest absolute Gasteiger partial charge is 0.407 e. The number of hydrogen-bond donors (Lipinski definition) is 2. The molecule has 29 heavy (non-hydrogen) atoms. The van der Waals surface area contributed by atoms with Crippen LogP contribution in [0.1, 0.15) is 23.5 Å². The molecule has 162 valence electrons. The van der Waals surface area contributed by atoms with Crippen LogP contribution in [0.4, 0.5) is 13.2 Å². The molecule has 2 N–H and O–H groups in total. The average molecular weight is 454 g/mol. The number of nitrogens with zero attached hydrogens (tertiary/aromatic N) is 3. The lowest BCUT2D eigenvalue weighted by molar-refractivity contribution is -0.159. The number of aromatic nitrogens is 2. The number of piperazine rings is 1. The smallest absolute Gasteiger partial charge is 0.336 e. The van der Waals surface area contributed by atoms with Gasteiger partial charge in [-0.1, -0.05) is 30.3 Å². The number of nitrogens with one attached hydrogen (secondary N) is 2. The zero-order chi connectivity index (χ0) is 19.4. The minimum Gasteiger partial charge on any atom is -0.336 e. The maximum atomic E-state index is 13.4. The van der Waals surface area contributed by atoms with Gasteiger partial charge in [0.05, 0.1) is 6.54 Å². The van der Waals surface area contributed by atoms with Crippen LogP contribution in [-0.4, -0.2) is 52.7 Å². The number of imidazole rings is 1. The lowest BCUT2D eigenvalue weighted by Crippen LogP contribution is -2.52. The van der Waals surface area contributed by atoms with Crippen molar-refractivity contribution in [2.75, 3.05) is 26.2 Å². The summed E-state index contributed by atoms with van der Waals surface area (Å²) in [5, 5.41) is 5.59. The molecule has 1 saturated heterocycles. The topological polar surface area (TPSA) is 62.2 Å². The second-order valence-electron chi connectivity index (χ2n) is 6.47. The summed E-state index contributed by atoms with van der Waals surface area (Å²) in [6, 6.07) is 5.34. The number of halogens is 5. The molecule has 1 aliphatic heterocycles. The van der Waals surface area contributed by atoms with Crippen LogP contribution in [0.2, 0.25) is 0 Å². The summed E-state index contributed by atoms with van der Waals surface area (Å²) in [7, 11) is 1.83. The van der Waals surface area contributed by atoms with E-state index in [4.69, 9.17) is 0 Å². The van der Waals surface area contributed by atoms with Crippen LogP contribution < -0.4 is 10.6 Å². The first kappa shape index (κ1) is 25.2. The highest BCUT2D eigenvalue weighted by atomic mass is 35.5. The Morgan fingerprint density at radius 1 is 1.31 bits per heavy atom. The summed E-state index contributed by atoms with van der Waals surface area (Å²) in [6.07, 6.45) is -1.08. The van der Waals surface area contributed by atoms with Crippen molar-refractivity contribution < 1.29 is 18.0 Å². The Morgan fingerprint density at radius 2 is 2.00 bits per heavy atom. The second kappa shape index (κ2) is 10.8. The molecule has 1 fully saturated rings. The van der Waals surface area contributed by atoms with Gasteiger partial charge in [-0.05, 0) is 5.56 Å². The van der Waals surface area contributed by atoms with E-state index in [1.165, 1.54) is 12.1 Å². The lowest BCUT2D eigenvalue weighted by Gasteiger charge is -2.36. The number of alkyl halides is 3. The normalized spacial score (nSPS) is 17.8. The first-order valence-corrected chi connectivity index (χ1v) is 8.70. The van der Waals surface area contributed by atoms with Crippen molar-refractivity contribution >= 4 is 30.7 Å². The van der Waals surface area contributed by atoms with E-state index in [1.54, 1.807) is 35.5 Å². The number of rotatable bonds is 5. The van der Waals surface area contributed by atoms with Crippen LogP contribution in [0.3, 0.4) is 0 Å². The minimum absolute atomic E-state index is 0. The molecule has 0 spiro atoms. The molecule has 11 heteroatoms. The van der Waals surface area contributed by atoms with E-state index in [1.807, 2.05) is 11.6 Å². The van der Waals surface area contributed by atoms with Crippen LogP contribution in [0.15, 0.2) is 42.7 Å². The molecular formula is C18H24Cl2F3N5O. The van der Waals surface area contributed by atoms with Crippen molar-refractivity contribution in [2.45, 2.75) is 18.3 Å². The van der Waals surface area contributed by atoms with Crippen molar-refractivity contribution in [3.8, 4) is 0 Å². The lowest BCUT2D eigenvalue weighted by atomic mass is 10.1. The summed E-state index contributed by atoms with van der Waals surface area (Å²) in [5.41, 5.74) is 0.0822. The first-order valence-electron chi connectivity index (χ1n) is 8.70. The van der Waals surface area contributed by atoms with Crippen LogP contribution in [0, 0.1) is 0 Å². The number of hydrogen-bond acceptors (Lipinski definition) is 4.